The van der Waals surface area contributed by atoms with Crippen molar-refractivity contribution in [3.63, 3.8) is 0 Å². The van der Waals surface area contributed by atoms with Gasteiger partial charge in [-0.15, -0.1) is 0 Å². The van der Waals surface area contributed by atoms with Crippen LogP contribution in [-0.2, 0) is 5.41 Å². The minimum Gasteiger partial charge on any atom is -0.449 e. The molecule has 2 bridgehead atoms. The Labute approximate surface area is 148 Å². The molecular formula is C13H15BF3K. The van der Waals surface area contributed by atoms with Gasteiger partial charge < -0.3 is 12.9 Å². The molecule has 0 amide bonds. The zero-order chi connectivity index (χ0) is 12.5. The van der Waals surface area contributed by atoms with Crippen molar-refractivity contribution in [2.24, 2.45) is 0 Å². The predicted octanol–water partition coefficient (Wildman–Crippen LogP) is 1.33. The summed E-state index contributed by atoms with van der Waals surface area (Å²) in [5.41, 5.74) is 3.33. The molecule has 18 heavy (non-hydrogen) atoms. The summed E-state index contributed by atoms with van der Waals surface area (Å²) in [5.74, 6) is 0. The molecular weight excluding hydrogens is 263 g/mol. The van der Waals surface area contributed by atoms with Crippen LogP contribution < -0.4 is 51.4 Å². The summed E-state index contributed by atoms with van der Waals surface area (Å²) in [5, 5.41) is -1.28. The van der Waals surface area contributed by atoms with Gasteiger partial charge in [-0.3, -0.25) is 0 Å². The summed E-state index contributed by atoms with van der Waals surface area (Å²) >= 11 is 0. The van der Waals surface area contributed by atoms with Crippen LogP contribution in [0.2, 0.25) is 5.31 Å². The number of hydrogen-bond donors (Lipinski definition) is 0. The third-order valence-electron chi connectivity index (χ3n) is 4.78. The molecule has 0 spiro atoms. The van der Waals surface area contributed by atoms with Crippen molar-refractivity contribution in [1.82, 2.24) is 0 Å². The van der Waals surface area contributed by atoms with Gasteiger partial charge in [-0.1, -0.05) is 42.8 Å². The van der Waals surface area contributed by atoms with E-state index in [0.29, 0.717) is 19.3 Å². The molecule has 0 saturated heterocycles. The van der Waals surface area contributed by atoms with Crippen LogP contribution in [0.4, 0.5) is 12.9 Å². The van der Waals surface area contributed by atoms with E-state index in [1.165, 1.54) is 5.56 Å². The summed E-state index contributed by atoms with van der Waals surface area (Å²) in [6, 6.07) is 5.99. The Bertz CT molecular complexity index is 455. The molecule has 0 unspecified atom stereocenters. The van der Waals surface area contributed by atoms with Crippen LogP contribution in [0.5, 0.6) is 0 Å². The molecule has 0 nitrogen and oxygen atoms in total. The molecule has 4 rings (SSSR count). The van der Waals surface area contributed by atoms with Gasteiger partial charge in [0.2, 0.25) is 0 Å². The van der Waals surface area contributed by atoms with Crippen molar-refractivity contribution in [3.8, 4) is 0 Å². The summed E-state index contributed by atoms with van der Waals surface area (Å²) in [6.07, 6.45) is 0.986. The molecule has 3 fully saturated rings. The Morgan fingerprint density at radius 1 is 1.00 bits per heavy atom. The van der Waals surface area contributed by atoms with Crippen LogP contribution in [0.15, 0.2) is 18.2 Å². The first kappa shape index (κ1) is 15.1. The van der Waals surface area contributed by atoms with Crippen molar-refractivity contribution >= 4 is 6.98 Å². The summed E-state index contributed by atoms with van der Waals surface area (Å²) in [4.78, 5) is 0. The van der Waals surface area contributed by atoms with E-state index in [-0.39, 0.29) is 56.8 Å². The predicted molar refractivity (Wildman–Crippen MR) is 63.2 cm³/mol. The van der Waals surface area contributed by atoms with Crippen LogP contribution in [-0.4, -0.2) is 6.98 Å². The largest absolute Gasteiger partial charge is 1.00 e. The Morgan fingerprint density at radius 2 is 1.44 bits per heavy atom. The van der Waals surface area contributed by atoms with Crippen LogP contribution in [0.25, 0.3) is 0 Å². The molecule has 5 heteroatoms. The number of halogens is 3. The van der Waals surface area contributed by atoms with Crippen LogP contribution >= 0.6 is 0 Å². The molecule has 0 heterocycles. The maximum atomic E-state index is 12.9. The van der Waals surface area contributed by atoms with Gasteiger partial charge >= 0.3 is 58.4 Å². The molecule has 0 aromatic heterocycles. The molecule has 3 aliphatic rings. The summed E-state index contributed by atoms with van der Waals surface area (Å²) < 4.78 is 38.6. The standard InChI is InChI=1S/C13H15BF3.K/c1-9-4-3-5-10(2)11(9)12-6-13(7-12,8-12)14(15,16)17;/h3-5H,6-8H2,1-2H3;/q-1;+1. The minimum absolute atomic E-state index is 0. The average molecular weight is 278 g/mol. The molecule has 3 aliphatic carbocycles. The zero-order valence-electron chi connectivity index (χ0n) is 11.1. The van der Waals surface area contributed by atoms with E-state index >= 15 is 0 Å². The normalized spacial score (nSPS) is 33.2. The van der Waals surface area contributed by atoms with Gasteiger partial charge in [-0.25, -0.2) is 0 Å². The molecule has 0 aliphatic heterocycles. The van der Waals surface area contributed by atoms with E-state index in [9.17, 15) is 12.9 Å². The van der Waals surface area contributed by atoms with Crippen LogP contribution in [0, 0.1) is 13.8 Å². The minimum atomic E-state index is -4.66. The quantitative estimate of drug-likeness (QED) is 0.716. The van der Waals surface area contributed by atoms with Gasteiger partial charge in [-0.05, 0) is 36.0 Å². The van der Waals surface area contributed by atoms with Gasteiger partial charge in [0.1, 0.15) is 0 Å². The Hall–Kier alpha value is 0.711. The third kappa shape index (κ3) is 1.81. The first-order valence-electron chi connectivity index (χ1n) is 6.06. The molecule has 1 aromatic carbocycles. The molecule has 0 N–H and O–H groups in total. The van der Waals surface area contributed by atoms with Crippen molar-refractivity contribution < 1.29 is 64.3 Å². The van der Waals surface area contributed by atoms with E-state index in [1.807, 2.05) is 32.0 Å². The topological polar surface area (TPSA) is 0 Å². The SMILES string of the molecule is Cc1cccc(C)c1C12CC([B-](F)(F)F)(C1)C2.[K+]. The van der Waals surface area contributed by atoms with Gasteiger partial charge in [0.05, 0.1) is 0 Å². The fourth-order valence-corrected chi connectivity index (χ4v) is 4.13. The van der Waals surface area contributed by atoms with Gasteiger partial charge in [-0.2, -0.15) is 0 Å². The fraction of sp³-hybridized carbons (Fsp3) is 0.538. The molecule has 92 valence electrons. The second-order valence-corrected chi connectivity index (χ2v) is 6.01. The first-order valence-corrected chi connectivity index (χ1v) is 6.06. The van der Waals surface area contributed by atoms with Crippen molar-refractivity contribution in [1.29, 1.82) is 0 Å². The maximum Gasteiger partial charge on any atom is 1.00 e. The van der Waals surface area contributed by atoms with E-state index in [0.717, 1.165) is 11.1 Å². The van der Waals surface area contributed by atoms with Gasteiger partial charge in [0, 0.05) is 0 Å². The Morgan fingerprint density at radius 3 is 1.83 bits per heavy atom. The van der Waals surface area contributed by atoms with Crippen molar-refractivity contribution in [2.45, 2.75) is 43.8 Å². The maximum absolute atomic E-state index is 12.9. The zero-order valence-corrected chi connectivity index (χ0v) is 14.2. The third-order valence-corrected chi connectivity index (χ3v) is 4.78. The fourth-order valence-electron chi connectivity index (χ4n) is 4.13. The number of aryl methyl sites for hydroxylation is 2. The Kier molecular flexibility index (Phi) is 3.65. The van der Waals surface area contributed by atoms with Gasteiger partial charge in [0.25, 0.3) is 0 Å². The summed E-state index contributed by atoms with van der Waals surface area (Å²) in [6.45, 7) is -0.640. The van der Waals surface area contributed by atoms with E-state index < -0.39 is 12.3 Å². The van der Waals surface area contributed by atoms with Crippen molar-refractivity contribution in [3.05, 3.63) is 34.9 Å². The molecule has 3 saturated carbocycles. The first-order chi connectivity index (χ1) is 7.80. The molecule has 0 atom stereocenters. The second kappa shape index (κ2) is 4.35. The Balaban J connectivity index is 0.00000120. The molecule has 0 radical (unpaired) electrons. The number of hydrogen-bond acceptors (Lipinski definition) is 0. The number of rotatable bonds is 2. The van der Waals surface area contributed by atoms with E-state index in [4.69, 9.17) is 0 Å². The second-order valence-electron chi connectivity index (χ2n) is 6.01. The van der Waals surface area contributed by atoms with Crippen LogP contribution in [0.3, 0.4) is 0 Å². The van der Waals surface area contributed by atoms with Crippen LogP contribution in [0.1, 0.15) is 36.0 Å². The van der Waals surface area contributed by atoms with E-state index in [1.54, 1.807) is 0 Å². The van der Waals surface area contributed by atoms with E-state index in [2.05, 4.69) is 0 Å². The van der Waals surface area contributed by atoms with Gasteiger partial charge in [0.15, 0.2) is 0 Å². The monoisotopic (exact) mass is 278 g/mol. The molecule has 1 aromatic rings. The number of benzene rings is 1. The van der Waals surface area contributed by atoms with Crippen molar-refractivity contribution in [2.75, 3.05) is 0 Å². The summed E-state index contributed by atoms with van der Waals surface area (Å²) in [7, 11) is 0. The average Bonchev–Trinajstić information content (AvgIpc) is 2.03. The smallest absolute Gasteiger partial charge is 0.449 e.